The van der Waals surface area contributed by atoms with Gasteiger partial charge in [0, 0.05) is 12.5 Å². The van der Waals surface area contributed by atoms with Crippen molar-refractivity contribution in [3.63, 3.8) is 0 Å². The van der Waals surface area contributed by atoms with Crippen LogP contribution in [0.4, 0.5) is 8.78 Å². The van der Waals surface area contributed by atoms with Gasteiger partial charge in [-0.3, -0.25) is 9.36 Å². The van der Waals surface area contributed by atoms with Crippen molar-refractivity contribution in [2.24, 2.45) is 5.73 Å². The Labute approximate surface area is 128 Å². The molecule has 3 aromatic rings. The molecular formula is C15H13F2N3OS. The highest BCUT2D eigenvalue weighted by Gasteiger charge is 2.14. The van der Waals surface area contributed by atoms with Crippen LogP contribution in [-0.4, -0.2) is 16.1 Å². The third-order valence-electron chi connectivity index (χ3n) is 3.26. The molecule has 0 radical (unpaired) electrons. The van der Waals surface area contributed by atoms with Crippen LogP contribution < -0.4 is 11.3 Å². The zero-order valence-electron chi connectivity index (χ0n) is 11.6. The molecule has 1 aromatic carbocycles. The second-order valence-corrected chi connectivity index (χ2v) is 5.74. The predicted octanol–water partition coefficient (Wildman–Crippen LogP) is 2.62. The summed E-state index contributed by atoms with van der Waals surface area (Å²) in [7, 11) is 0. The Morgan fingerprint density at radius 3 is 2.64 bits per heavy atom. The molecule has 0 fully saturated rings. The number of aryl methyl sites for hydroxylation is 1. The van der Waals surface area contributed by atoms with E-state index < -0.39 is 11.6 Å². The maximum Gasteiger partial charge on any atom is 0.276 e. The Hall–Kier alpha value is -2.12. The van der Waals surface area contributed by atoms with Gasteiger partial charge < -0.3 is 5.73 Å². The van der Waals surface area contributed by atoms with Crippen molar-refractivity contribution in [2.45, 2.75) is 12.8 Å². The van der Waals surface area contributed by atoms with Crippen molar-refractivity contribution in [1.29, 1.82) is 0 Å². The van der Waals surface area contributed by atoms with Crippen molar-refractivity contribution in [3.8, 4) is 5.69 Å². The smallest absolute Gasteiger partial charge is 0.276 e. The first-order chi connectivity index (χ1) is 10.6. The number of nitrogens with two attached hydrogens (primary N) is 1. The topological polar surface area (TPSA) is 60.9 Å². The fourth-order valence-electron chi connectivity index (χ4n) is 2.32. The summed E-state index contributed by atoms with van der Waals surface area (Å²) in [6.07, 6.45) is 1.08. The highest BCUT2D eigenvalue weighted by molar-refractivity contribution is 7.17. The van der Waals surface area contributed by atoms with E-state index in [1.54, 1.807) is 11.4 Å². The Balaban J connectivity index is 2.29. The van der Waals surface area contributed by atoms with Crippen LogP contribution in [0.3, 0.4) is 0 Å². The molecule has 0 amide bonds. The number of hydrogen-bond donors (Lipinski definition) is 1. The van der Waals surface area contributed by atoms with Gasteiger partial charge in [-0.2, -0.15) is 0 Å². The molecule has 0 unspecified atom stereocenters. The number of rotatable bonds is 4. The number of aromatic nitrogens is 2. The fourth-order valence-corrected chi connectivity index (χ4v) is 3.08. The minimum atomic E-state index is -0.738. The zero-order chi connectivity index (χ0) is 15.7. The molecule has 114 valence electrons. The number of halogens is 2. The average Bonchev–Trinajstić information content (AvgIpc) is 2.92. The van der Waals surface area contributed by atoms with E-state index in [1.807, 2.05) is 0 Å². The molecule has 0 atom stereocenters. The molecule has 0 bridgehead atoms. The maximum absolute atomic E-state index is 13.5. The summed E-state index contributed by atoms with van der Waals surface area (Å²) < 4.78 is 28.7. The van der Waals surface area contributed by atoms with E-state index >= 15 is 0 Å². The van der Waals surface area contributed by atoms with Crippen LogP contribution in [0.25, 0.3) is 15.9 Å². The number of hydrogen-bond acceptors (Lipinski definition) is 4. The molecule has 3 rings (SSSR count). The molecule has 0 spiro atoms. The second-order valence-electron chi connectivity index (χ2n) is 4.82. The second kappa shape index (κ2) is 5.94. The van der Waals surface area contributed by atoms with Gasteiger partial charge in [0.15, 0.2) is 0 Å². The summed E-state index contributed by atoms with van der Waals surface area (Å²) in [5.41, 5.74) is 5.92. The molecule has 0 saturated carbocycles. The van der Waals surface area contributed by atoms with Gasteiger partial charge in [-0.05, 0) is 36.5 Å². The van der Waals surface area contributed by atoms with Crippen LogP contribution in [0, 0.1) is 11.6 Å². The molecule has 0 aliphatic carbocycles. The SMILES string of the molecule is NCCCc1nc2ccsc2c(=O)n1-c1cc(F)cc(F)c1. The van der Waals surface area contributed by atoms with E-state index in [0.29, 0.717) is 35.4 Å². The van der Waals surface area contributed by atoms with Crippen molar-refractivity contribution in [1.82, 2.24) is 9.55 Å². The van der Waals surface area contributed by atoms with Crippen LogP contribution in [0.2, 0.25) is 0 Å². The van der Waals surface area contributed by atoms with Crippen LogP contribution in [-0.2, 0) is 6.42 Å². The van der Waals surface area contributed by atoms with E-state index in [9.17, 15) is 13.6 Å². The maximum atomic E-state index is 13.5. The minimum Gasteiger partial charge on any atom is -0.330 e. The first kappa shape index (κ1) is 14.8. The lowest BCUT2D eigenvalue weighted by atomic mass is 10.2. The number of thiophene rings is 1. The predicted molar refractivity (Wildman–Crippen MR) is 82.5 cm³/mol. The Morgan fingerprint density at radius 2 is 1.95 bits per heavy atom. The minimum absolute atomic E-state index is 0.136. The number of fused-ring (bicyclic) bond motifs is 1. The van der Waals surface area contributed by atoms with E-state index in [4.69, 9.17) is 5.73 Å². The average molecular weight is 321 g/mol. The van der Waals surface area contributed by atoms with Gasteiger partial charge in [-0.1, -0.05) is 0 Å². The largest absolute Gasteiger partial charge is 0.330 e. The summed E-state index contributed by atoms with van der Waals surface area (Å²) in [5, 5.41) is 1.77. The zero-order valence-corrected chi connectivity index (χ0v) is 12.4. The Morgan fingerprint density at radius 1 is 1.23 bits per heavy atom. The van der Waals surface area contributed by atoms with Crippen LogP contribution in [0.5, 0.6) is 0 Å². The standard InChI is InChI=1S/C15H13F2N3OS/c16-9-6-10(17)8-11(7-9)20-13(2-1-4-18)19-12-3-5-22-14(12)15(20)21/h3,5-8H,1-2,4,18H2. The van der Waals surface area contributed by atoms with E-state index in [2.05, 4.69) is 4.98 Å². The molecule has 2 aromatic heterocycles. The van der Waals surface area contributed by atoms with Crippen molar-refractivity contribution >= 4 is 21.6 Å². The number of benzene rings is 1. The third-order valence-corrected chi connectivity index (χ3v) is 4.15. The molecule has 22 heavy (non-hydrogen) atoms. The first-order valence-corrected chi connectivity index (χ1v) is 7.64. The van der Waals surface area contributed by atoms with Gasteiger partial charge in [0.25, 0.3) is 5.56 Å². The fraction of sp³-hybridized carbons (Fsp3) is 0.200. The summed E-state index contributed by atoms with van der Waals surface area (Å²) in [5.74, 6) is -1.03. The highest BCUT2D eigenvalue weighted by atomic mass is 32.1. The monoisotopic (exact) mass is 321 g/mol. The number of nitrogens with zero attached hydrogens (tertiary/aromatic N) is 2. The lowest BCUT2D eigenvalue weighted by molar-refractivity contribution is 0.580. The van der Waals surface area contributed by atoms with Crippen LogP contribution >= 0.6 is 11.3 Å². The third kappa shape index (κ3) is 2.65. The Kier molecular flexibility index (Phi) is 4.00. The van der Waals surface area contributed by atoms with Crippen LogP contribution in [0.15, 0.2) is 34.4 Å². The van der Waals surface area contributed by atoms with Gasteiger partial charge in [-0.25, -0.2) is 13.8 Å². The van der Waals surface area contributed by atoms with Crippen molar-refractivity contribution in [2.75, 3.05) is 6.54 Å². The van der Waals surface area contributed by atoms with Crippen molar-refractivity contribution in [3.05, 3.63) is 57.5 Å². The first-order valence-electron chi connectivity index (χ1n) is 6.76. The molecule has 0 aliphatic heterocycles. The quantitative estimate of drug-likeness (QED) is 0.803. The van der Waals surface area contributed by atoms with E-state index in [-0.39, 0.29) is 11.2 Å². The molecular weight excluding hydrogens is 308 g/mol. The van der Waals surface area contributed by atoms with E-state index in [1.165, 1.54) is 15.9 Å². The van der Waals surface area contributed by atoms with Crippen molar-refractivity contribution < 1.29 is 8.78 Å². The highest BCUT2D eigenvalue weighted by Crippen LogP contribution is 2.19. The van der Waals surface area contributed by atoms with Gasteiger partial charge in [0.1, 0.15) is 22.2 Å². The molecule has 0 aliphatic rings. The van der Waals surface area contributed by atoms with E-state index in [0.717, 1.165) is 18.2 Å². The molecule has 4 nitrogen and oxygen atoms in total. The summed E-state index contributed by atoms with van der Waals surface area (Å²) >= 11 is 1.26. The summed E-state index contributed by atoms with van der Waals surface area (Å²) in [6, 6.07) is 4.77. The molecule has 2 heterocycles. The Bertz CT molecular complexity index is 868. The van der Waals surface area contributed by atoms with Gasteiger partial charge in [-0.15, -0.1) is 11.3 Å². The lowest BCUT2D eigenvalue weighted by Gasteiger charge is -2.12. The lowest BCUT2D eigenvalue weighted by Crippen LogP contribution is -2.24. The summed E-state index contributed by atoms with van der Waals surface area (Å²) in [4.78, 5) is 17.1. The summed E-state index contributed by atoms with van der Waals surface area (Å²) in [6.45, 7) is 0.440. The molecule has 0 saturated heterocycles. The normalized spacial score (nSPS) is 11.2. The molecule has 2 N–H and O–H groups in total. The van der Waals surface area contributed by atoms with Gasteiger partial charge in [0.2, 0.25) is 0 Å². The van der Waals surface area contributed by atoms with Gasteiger partial charge >= 0.3 is 0 Å². The molecule has 7 heteroatoms. The van der Waals surface area contributed by atoms with Crippen LogP contribution in [0.1, 0.15) is 12.2 Å². The van der Waals surface area contributed by atoms with Gasteiger partial charge in [0.05, 0.1) is 11.2 Å².